The Morgan fingerprint density at radius 2 is 2.23 bits per heavy atom. The van der Waals surface area contributed by atoms with E-state index in [1.54, 1.807) is 12.1 Å². The van der Waals surface area contributed by atoms with Gasteiger partial charge in [-0.2, -0.15) is 0 Å². The minimum absolute atomic E-state index is 0.0452. The van der Waals surface area contributed by atoms with Crippen LogP contribution in [-0.2, 0) is 0 Å². The van der Waals surface area contributed by atoms with Crippen LogP contribution >= 0.6 is 27.5 Å². The van der Waals surface area contributed by atoms with Gasteiger partial charge in [-0.25, -0.2) is 4.39 Å². The molecule has 0 heterocycles. The highest BCUT2D eigenvalue weighted by Gasteiger charge is 2.07. The molecule has 0 radical (unpaired) electrons. The second kappa shape index (κ2) is 4.61. The van der Waals surface area contributed by atoms with Crippen LogP contribution in [0, 0.1) is 17.7 Å². The Bertz CT molecular complexity index is 381. The van der Waals surface area contributed by atoms with E-state index in [0.717, 1.165) is 0 Å². The van der Waals surface area contributed by atoms with Gasteiger partial charge in [0.15, 0.2) is 5.82 Å². The maximum atomic E-state index is 13.3. The molecule has 2 N–H and O–H groups in total. The van der Waals surface area contributed by atoms with E-state index in [4.69, 9.17) is 17.3 Å². The standard InChI is InChI=1S/C9H6BrClFN/c10-7-4-3-6(2-1-5-13)9(12)8(7)11/h3-4H,5,13H2. The van der Waals surface area contributed by atoms with Crippen molar-refractivity contribution in [2.75, 3.05) is 6.54 Å². The molecule has 1 aromatic rings. The highest BCUT2D eigenvalue weighted by molar-refractivity contribution is 9.10. The molecule has 0 aromatic heterocycles. The van der Waals surface area contributed by atoms with Crippen molar-refractivity contribution in [3.8, 4) is 11.8 Å². The molecule has 0 unspecified atom stereocenters. The van der Waals surface area contributed by atoms with Crippen molar-refractivity contribution in [1.82, 2.24) is 0 Å². The summed E-state index contributed by atoms with van der Waals surface area (Å²) >= 11 is 8.74. The third-order valence-corrected chi connectivity index (χ3v) is 2.62. The Labute approximate surface area is 89.2 Å². The maximum absolute atomic E-state index is 13.3. The van der Waals surface area contributed by atoms with Crippen LogP contribution < -0.4 is 5.73 Å². The molecule has 0 saturated heterocycles. The van der Waals surface area contributed by atoms with E-state index in [1.165, 1.54) is 0 Å². The van der Waals surface area contributed by atoms with Gasteiger partial charge in [0.1, 0.15) is 0 Å². The SMILES string of the molecule is NCC#Cc1ccc(Br)c(Cl)c1F. The summed E-state index contributed by atoms with van der Waals surface area (Å²) in [6.07, 6.45) is 0. The summed E-state index contributed by atoms with van der Waals surface area (Å²) in [7, 11) is 0. The average Bonchev–Trinajstić information content (AvgIpc) is 2.13. The third kappa shape index (κ3) is 2.44. The van der Waals surface area contributed by atoms with E-state index in [1.807, 2.05) is 0 Å². The zero-order chi connectivity index (χ0) is 9.84. The van der Waals surface area contributed by atoms with Crippen molar-refractivity contribution in [1.29, 1.82) is 0 Å². The molecule has 1 rings (SSSR count). The predicted octanol–water partition coefficient (Wildman–Crippen LogP) is 2.55. The zero-order valence-electron chi connectivity index (χ0n) is 6.57. The fraction of sp³-hybridized carbons (Fsp3) is 0.111. The quantitative estimate of drug-likeness (QED) is 0.564. The van der Waals surface area contributed by atoms with Crippen LogP contribution in [0.4, 0.5) is 4.39 Å². The first-order valence-electron chi connectivity index (χ1n) is 3.49. The van der Waals surface area contributed by atoms with Crippen molar-refractivity contribution in [3.63, 3.8) is 0 Å². The Morgan fingerprint density at radius 1 is 1.54 bits per heavy atom. The lowest BCUT2D eigenvalue weighted by atomic mass is 10.2. The summed E-state index contributed by atoms with van der Waals surface area (Å²) in [5.74, 6) is 4.62. The number of nitrogens with two attached hydrogens (primary N) is 1. The highest BCUT2D eigenvalue weighted by atomic mass is 79.9. The Balaban J connectivity index is 3.18. The Morgan fingerprint density at radius 3 is 2.85 bits per heavy atom. The third-order valence-electron chi connectivity index (χ3n) is 1.36. The number of rotatable bonds is 0. The van der Waals surface area contributed by atoms with E-state index >= 15 is 0 Å². The van der Waals surface area contributed by atoms with E-state index in [9.17, 15) is 4.39 Å². The highest BCUT2D eigenvalue weighted by Crippen LogP contribution is 2.26. The van der Waals surface area contributed by atoms with Gasteiger partial charge in [0.05, 0.1) is 17.1 Å². The molecule has 13 heavy (non-hydrogen) atoms. The summed E-state index contributed by atoms with van der Waals surface area (Å²) in [5, 5.41) is 0.0452. The Hall–Kier alpha value is -0.560. The number of benzene rings is 1. The molecule has 0 aliphatic carbocycles. The van der Waals surface area contributed by atoms with Gasteiger partial charge in [0.25, 0.3) is 0 Å². The normalized spacial score (nSPS) is 9.23. The molecule has 4 heteroatoms. The molecule has 68 valence electrons. The summed E-state index contributed by atoms with van der Waals surface area (Å²) in [4.78, 5) is 0. The molecule has 0 aliphatic rings. The van der Waals surface area contributed by atoms with Gasteiger partial charge in [0.2, 0.25) is 0 Å². The summed E-state index contributed by atoms with van der Waals surface area (Å²) in [6.45, 7) is 0.202. The van der Waals surface area contributed by atoms with Crippen molar-refractivity contribution in [3.05, 3.63) is 33.0 Å². The van der Waals surface area contributed by atoms with Crippen molar-refractivity contribution < 1.29 is 4.39 Å². The molecule has 0 atom stereocenters. The smallest absolute Gasteiger partial charge is 0.158 e. The van der Waals surface area contributed by atoms with Crippen LogP contribution in [-0.4, -0.2) is 6.54 Å². The molecule has 1 aromatic carbocycles. The van der Waals surface area contributed by atoms with Crippen LogP contribution in [0.2, 0.25) is 5.02 Å². The molecule has 0 amide bonds. The first kappa shape index (κ1) is 10.5. The molecule has 0 spiro atoms. The summed E-state index contributed by atoms with van der Waals surface area (Å²) in [5.41, 5.74) is 5.42. The van der Waals surface area contributed by atoms with Gasteiger partial charge in [0, 0.05) is 4.47 Å². The van der Waals surface area contributed by atoms with Gasteiger partial charge >= 0.3 is 0 Å². The summed E-state index contributed by atoms with van der Waals surface area (Å²) < 4.78 is 13.8. The fourth-order valence-corrected chi connectivity index (χ4v) is 1.24. The van der Waals surface area contributed by atoms with Crippen LogP contribution in [0.5, 0.6) is 0 Å². The van der Waals surface area contributed by atoms with Crippen LogP contribution in [0.15, 0.2) is 16.6 Å². The molecular formula is C9H6BrClFN. The van der Waals surface area contributed by atoms with Crippen molar-refractivity contribution >= 4 is 27.5 Å². The van der Waals surface area contributed by atoms with Crippen LogP contribution in [0.1, 0.15) is 5.56 Å². The van der Waals surface area contributed by atoms with E-state index in [-0.39, 0.29) is 17.1 Å². The van der Waals surface area contributed by atoms with Crippen LogP contribution in [0.25, 0.3) is 0 Å². The summed E-state index contributed by atoms with van der Waals surface area (Å²) in [6, 6.07) is 3.19. The lowest BCUT2D eigenvalue weighted by Crippen LogP contribution is -1.94. The minimum Gasteiger partial charge on any atom is -0.320 e. The van der Waals surface area contributed by atoms with Crippen molar-refractivity contribution in [2.24, 2.45) is 5.73 Å². The van der Waals surface area contributed by atoms with Crippen LogP contribution in [0.3, 0.4) is 0 Å². The lowest BCUT2D eigenvalue weighted by Gasteiger charge is -1.99. The number of hydrogen-bond acceptors (Lipinski definition) is 1. The van der Waals surface area contributed by atoms with E-state index in [2.05, 4.69) is 27.8 Å². The zero-order valence-corrected chi connectivity index (χ0v) is 8.91. The van der Waals surface area contributed by atoms with Gasteiger partial charge in [-0.1, -0.05) is 23.4 Å². The van der Waals surface area contributed by atoms with Gasteiger partial charge < -0.3 is 5.73 Å². The predicted molar refractivity (Wildman–Crippen MR) is 55.0 cm³/mol. The monoisotopic (exact) mass is 261 g/mol. The first-order chi connectivity index (χ1) is 6.16. The minimum atomic E-state index is -0.517. The average molecular weight is 263 g/mol. The molecule has 0 bridgehead atoms. The fourth-order valence-electron chi connectivity index (χ4n) is 0.769. The van der Waals surface area contributed by atoms with E-state index in [0.29, 0.717) is 4.47 Å². The molecule has 0 saturated carbocycles. The number of halogens is 3. The first-order valence-corrected chi connectivity index (χ1v) is 4.66. The molecular weight excluding hydrogens is 256 g/mol. The molecule has 0 fully saturated rings. The van der Waals surface area contributed by atoms with E-state index < -0.39 is 5.82 Å². The largest absolute Gasteiger partial charge is 0.320 e. The number of hydrogen-bond donors (Lipinski definition) is 1. The maximum Gasteiger partial charge on any atom is 0.158 e. The van der Waals surface area contributed by atoms with Crippen molar-refractivity contribution in [2.45, 2.75) is 0 Å². The lowest BCUT2D eigenvalue weighted by molar-refractivity contribution is 0.624. The van der Waals surface area contributed by atoms with Gasteiger partial charge in [-0.3, -0.25) is 0 Å². The topological polar surface area (TPSA) is 26.0 Å². The second-order valence-corrected chi connectivity index (χ2v) is 3.46. The molecule has 1 nitrogen and oxygen atoms in total. The molecule has 0 aliphatic heterocycles. The Kier molecular flexibility index (Phi) is 3.73. The second-order valence-electron chi connectivity index (χ2n) is 2.23. The van der Waals surface area contributed by atoms with Gasteiger partial charge in [-0.05, 0) is 28.1 Å². The van der Waals surface area contributed by atoms with Gasteiger partial charge in [-0.15, -0.1) is 0 Å².